The molecule has 5 rings (SSSR count). The van der Waals surface area contributed by atoms with Gasteiger partial charge in [0, 0.05) is 5.56 Å². The minimum atomic E-state index is -0.824. The number of halogens is 1. The van der Waals surface area contributed by atoms with Crippen molar-refractivity contribution < 1.29 is 28.6 Å². The number of aryl methyl sites for hydroxylation is 1. The largest absolute Gasteiger partial charge is 0.494 e. The Hall–Kier alpha value is -4.63. The average molecular weight is 630 g/mol. The molecule has 0 bridgehead atoms. The molecule has 4 amide bonds. The van der Waals surface area contributed by atoms with Crippen molar-refractivity contribution in [2.24, 2.45) is 0 Å². The van der Waals surface area contributed by atoms with Gasteiger partial charge in [-0.05, 0) is 101 Å². The van der Waals surface area contributed by atoms with Crippen LogP contribution in [0.5, 0.6) is 17.2 Å². The molecule has 0 saturated carbocycles. The number of barbiturate groups is 1. The molecule has 1 aliphatic heterocycles. The van der Waals surface area contributed by atoms with Gasteiger partial charge in [-0.15, -0.1) is 0 Å². The molecule has 4 aromatic rings. The first-order valence-electron chi connectivity index (χ1n) is 13.5. The van der Waals surface area contributed by atoms with E-state index in [1.807, 2.05) is 32.9 Å². The second-order valence-corrected chi connectivity index (χ2v) is 10.4. The highest BCUT2D eigenvalue weighted by Gasteiger charge is 2.37. The van der Waals surface area contributed by atoms with Gasteiger partial charge in [0.2, 0.25) is 0 Å². The normalized spacial score (nSPS) is 14.3. The van der Waals surface area contributed by atoms with E-state index in [1.165, 1.54) is 6.08 Å². The lowest BCUT2D eigenvalue weighted by Gasteiger charge is -2.26. The van der Waals surface area contributed by atoms with E-state index in [0.29, 0.717) is 52.8 Å². The van der Waals surface area contributed by atoms with E-state index in [-0.39, 0.29) is 5.57 Å². The van der Waals surface area contributed by atoms with Crippen LogP contribution in [0.1, 0.15) is 30.5 Å². The summed E-state index contributed by atoms with van der Waals surface area (Å²) in [7, 11) is 0. The Morgan fingerprint density at radius 2 is 1.62 bits per heavy atom. The van der Waals surface area contributed by atoms with Gasteiger partial charge >= 0.3 is 6.03 Å². The van der Waals surface area contributed by atoms with Crippen molar-refractivity contribution >= 4 is 56.3 Å². The maximum atomic E-state index is 13.4. The minimum Gasteiger partial charge on any atom is -0.494 e. The molecule has 1 fully saturated rings. The van der Waals surface area contributed by atoms with Crippen molar-refractivity contribution in [1.29, 1.82) is 0 Å². The first-order chi connectivity index (χ1) is 20.3. The Morgan fingerprint density at radius 1 is 0.881 bits per heavy atom. The van der Waals surface area contributed by atoms with Gasteiger partial charge in [-0.25, -0.2) is 9.69 Å². The lowest BCUT2D eigenvalue weighted by atomic mass is 10.0. The first-order valence-corrected chi connectivity index (χ1v) is 14.3. The number of urea groups is 1. The summed E-state index contributed by atoms with van der Waals surface area (Å²) in [5.74, 6) is 0.0163. The SMILES string of the molecule is CCOc1ccc(N2C(=O)NC(=O)/C(=C\c3cc(Br)c(OCc4c(C)ccc5ccccc45)c(OCC)c3)C2=O)cc1. The van der Waals surface area contributed by atoms with Crippen LogP contribution in [-0.4, -0.2) is 31.1 Å². The highest BCUT2D eigenvalue weighted by molar-refractivity contribution is 9.10. The van der Waals surface area contributed by atoms with Crippen LogP contribution in [-0.2, 0) is 16.2 Å². The summed E-state index contributed by atoms with van der Waals surface area (Å²) >= 11 is 3.59. The van der Waals surface area contributed by atoms with Crippen LogP contribution in [0, 0.1) is 6.92 Å². The van der Waals surface area contributed by atoms with Gasteiger partial charge in [0.25, 0.3) is 11.8 Å². The van der Waals surface area contributed by atoms with Gasteiger partial charge in [-0.3, -0.25) is 14.9 Å². The molecular weight excluding hydrogens is 600 g/mol. The van der Waals surface area contributed by atoms with Gasteiger partial charge in [-0.2, -0.15) is 0 Å². The predicted molar refractivity (Wildman–Crippen MR) is 165 cm³/mol. The molecule has 8 nitrogen and oxygen atoms in total. The van der Waals surface area contributed by atoms with Gasteiger partial charge in [0.1, 0.15) is 17.9 Å². The summed E-state index contributed by atoms with van der Waals surface area (Å²) in [6.07, 6.45) is 1.43. The molecule has 0 spiro atoms. The molecule has 0 aliphatic carbocycles. The van der Waals surface area contributed by atoms with Crippen LogP contribution in [0.15, 0.2) is 82.8 Å². The summed E-state index contributed by atoms with van der Waals surface area (Å²) in [5, 5.41) is 4.49. The van der Waals surface area contributed by atoms with E-state index in [2.05, 4.69) is 45.5 Å². The second kappa shape index (κ2) is 12.5. The highest BCUT2D eigenvalue weighted by Crippen LogP contribution is 2.39. The number of rotatable bonds is 9. The van der Waals surface area contributed by atoms with Gasteiger partial charge < -0.3 is 14.2 Å². The number of ether oxygens (including phenoxy) is 3. The van der Waals surface area contributed by atoms with E-state index in [1.54, 1.807) is 36.4 Å². The third-order valence-corrected chi connectivity index (χ3v) is 7.37. The summed E-state index contributed by atoms with van der Waals surface area (Å²) in [6.45, 7) is 6.93. The second-order valence-electron chi connectivity index (χ2n) is 9.52. The lowest BCUT2D eigenvalue weighted by Crippen LogP contribution is -2.54. The molecule has 1 heterocycles. The number of anilines is 1. The van der Waals surface area contributed by atoms with Crippen LogP contribution in [0.3, 0.4) is 0 Å². The zero-order chi connectivity index (χ0) is 29.8. The Morgan fingerprint density at radius 3 is 2.36 bits per heavy atom. The number of imide groups is 2. The number of fused-ring (bicyclic) bond motifs is 1. The summed E-state index contributed by atoms with van der Waals surface area (Å²) in [6, 6.07) is 21.4. The van der Waals surface area contributed by atoms with Crippen molar-refractivity contribution in [1.82, 2.24) is 5.32 Å². The fourth-order valence-electron chi connectivity index (χ4n) is 4.77. The average Bonchev–Trinajstić information content (AvgIpc) is 2.97. The molecule has 1 saturated heterocycles. The van der Waals surface area contributed by atoms with E-state index < -0.39 is 17.8 Å². The zero-order valence-corrected chi connectivity index (χ0v) is 25.0. The number of hydrogen-bond donors (Lipinski definition) is 1. The van der Waals surface area contributed by atoms with E-state index in [4.69, 9.17) is 14.2 Å². The number of hydrogen-bond acceptors (Lipinski definition) is 6. The molecule has 42 heavy (non-hydrogen) atoms. The summed E-state index contributed by atoms with van der Waals surface area (Å²) < 4.78 is 18.2. The smallest absolute Gasteiger partial charge is 0.335 e. The molecule has 4 aromatic carbocycles. The number of carbonyl (C=O) groups excluding carboxylic acids is 3. The van der Waals surface area contributed by atoms with E-state index in [0.717, 1.165) is 26.8 Å². The van der Waals surface area contributed by atoms with Crippen LogP contribution in [0.2, 0.25) is 0 Å². The van der Waals surface area contributed by atoms with Crippen LogP contribution >= 0.6 is 15.9 Å². The Balaban J connectivity index is 1.45. The third kappa shape index (κ3) is 5.87. The maximum absolute atomic E-state index is 13.4. The van der Waals surface area contributed by atoms with Gasteiger partial charge in [0.05, 0.1) is 23.4 Å². The van der Waals surface area contributed by atoms with Crippen LogP contribution in [0.4, 0.5) is 10.5 Å². The van der Waals surface area contributed by atoms with Gasteiger partial charge in [0.15, 0.2) is 11.5 Å². The Bertz CT molecular complexity index is 1710. The minimum absolute atomic E-state index is 0.196. The van der Waals surface area contributed by atoms with E-state index >= 15 is 0 Å². The third-order valence-electron chi connectivity index (χ3n) is 6.79. The number of carbonyl (C=O) groups is 3. The molecule has 0 aromatic heterocycles. The molecule has 1 N–H and O–H groups in total. The quantitative estimate of drug-likeness (QED) is 0.159. The van der Waals surface area contributed by atoms with Crippen LogP contribution < -0.4 is 24.4 Å². The number of amides is 4. The highest BCUT2D eigenvalue weighted by atomic mass is 79.9. The van der Waals surface area contributed by atoms with Crippen molar-refractivity contribution in [2.75, 3.05) is 18.1 Å². The molecule has 1 aliphatic rings. The van der Waals surface area contributed by atoms with Crippen molar-refractivity contribution in [3.8, 4) is 17.2 Å². The molecule has 0 unspecified atom stereocenters. The summed E-state index contributed by atoms with van der Waals surface area (Å²) in [4.78, 5) is 39.7. The molecule has 214 valence electrons. The summed E-state index contributed by atoms with van der Waals surface area (Å²) in [5.41, 5.74) is 2.80. The van der Waals surface area contributed by atoms with E-state index in [9.17, 15) is 14.4 Å². The number of benzene rings is 4. The Kier molecular flexibility index (Phi) is 8.59. The zero-order valence-electron chi connectivity index (χ0n) is 23.4. The molecule has 9 heteroatoms. The van der Waals surface area contributed by atoms with Crippen molar-refractivity contribution in [2.45, 2.75) is 27.4 Å². The van der Waals surface area contributed by atoms with Crippen LogP contribution in [0.25, 0.3) is 16.8 Å². The molecule has 0 radical (unpaired) electrons. The number of nitrogens with one attached hydrogen (secondary N) is 1. The lowest BCUT2D eigenvalue weighted by molar-refractivity contribution is -0.122. The number of nitrogens with zero attached hydrogens (tertiary/aromatic N) is 1. The first kappa shape index (κ1) is 28.9. The molecule has 0 atom stereocenters. The fraction of sp³-hybridized carbons (Fsp3) is 0.182. The monoisotopic (exact) mass is 628 g/mol. The fourth-order valence-corrected chi connectivity index (χ4v) is 5.35. The maximum Gasteiger partial charge on any atom is 0.335 e. The van der Waals surface area contributed by atoms with Crippen molar-refractivity contribution in [3.63, 3.8) is 0 Å². The molecular formula is C33H29BrN2O6. The standard InChI is InChI=1S/C33H29BrN2O6/c1-4-40-24-14-12-23(13-15-24)36-32(38)26(31(37)35-33(36)39)16-21-17-28(34)30(29(18-21)41-5-2)42-19-27-20(3)10-11-22-8-6-7-9-25(22)27/h6-18H,4-5,19H2,1-3H3,(H,35,37,39)/b26-16+. The predicted octanol–water partition coefficient (Wildman–Crippen LogP) is 6.95. The Labute approximate surface area is 252 Å². The topological polar surface area (TPSA) is 94.2 Å². The van der Waals surface area contributed by atoms with Gasteiger partial charge in [-0.1, -0.05) is 36.4 Å². The van der Waals surface area contributed by atoms with Crippen molar-refractivity contribution in [3.05, 3.63) is 99.5 Å².